The molecule has 4 nitrogen and oxygen atoms in total. The van der Waals surface area contributed by atoms with E-state index in [0.717, 1.165) is 12.3 Å². The second-order valence-corrected chi connectivity index (χ2v) is 6.17. The molecule has 100 valence electrons. The number of halogens is 2. The summed E-state index contributed by atoms with van der Waals surface area (Å²) >= 11 is 0. The molecule has 0 saturated heterocycles. The van der Waals surface area contributed by atoms with E-state index in [9.17, 15) is 22.0 Å². The summed E-state index contributed by atoms with van der Waals surface area (Å²) in [6.45, 7) is 1.48. The summed E-state index contributed by atoms with van der Waals surface area (Å²) < 4.78 is 47.8. The molecule has 0 aliphatic carbocycles. The molecule has 1 N–H and O–H groups in total. The number of carbonyl (C=O) groups is 1. The first-order valence-corrected chi connectivity index (χ1v) is 7.17. The predicted octanol–water partition coefficient (Wildman–Crippen LogP) is 1.19. The van der Waals surface area contributed by atoms with E-state index in [1.54, 1.807) is 0 Å². The van der Waals surface area contributed by atoms with Crippen molar-refractivity contribution in [3.63, 3.8) is 0 Å². The van der Waals surface area contributed by atoms with Gasteiger partial charge < -0.3 is 5.32 Å². The molecule has 0 aliphatic rings. The first-order valence-electron chi connectivity index (χ1n) is 5.11. The molecule has 1 rings (SSSR count). The van der Waals surface area contributed by atoms with Crippen LogP contribution in [0.15, 0.2) is 18.2 Å². The van der Waals surface area contributed by atoms with Gasteiger partial charge in [-0.15, -0.1) is 0 Å². The molecule has 1 amide bonds. The fourth-order valence-electron chi connectivity index (χ4n) is 1.45. The minimum Gasteiger partial charge on any atom is -0.349 e. The van der Waals surface area contributed by atoms with Gasteiger partial charge in [0, 0.05) is 17.9 Å². The zero-order valence-electron chi connectivity index (χ0n) is 9.91. The number of rotatable bonds is 4. The van der Waals surface area contributed by atoms with Crippen LogP contribution in [0.3, 0.4) is 0 Å². The van der Waals surface area contributed by atoms with Crippen molar-refractivity contribution in [2.24, 2.45) is 0 Å². The minimum atomic E-state index is -3.43. The summed E-state index contributed by atoms with van der Waals surface area (Å²) in [6, 6.07) is 2.24. The number of hydrogen-bond donors (Lipinski definition) is 1. The first-order chi connectivity index (χ1) is 8.19. The van der Waals surface area contributed by atoms with Gasteiger partial charge in [-0.2, -0.15) is 0 Å². The highest BCUT2D eigenvalue weighted by atomic mass is 32.2. The highest BCUT2D eigenvalue weighted by Crippen LogP contribution is 2.17. The van der Waals surface area contributed by atoms with Crippen LogP contribution in [0.5, 0.6) is 0 Å². The lowest BCUT2D eigenvalue weighted by molar-refractivity contribution is -0.119. The monoisotopic (exact) mass is 277 g/mol. The summed E-state index contributed by atoms with van der Waals surface area (Å²) in [7, 11) is -3.43. The van der Waals surface area contributed by atoms with Gasteiger partial charge >= 0.3 is 0 Å². The van der Waals surface area contributed by atoms with Crippen molar-refractivity contribution in [2.75, 3.05) is 12.0 Å². The van der Waals surface area contributed by atoms with E-state index >= 15 is 0 Å². The van der Waals surface area contributed by atoms with E-state index in [2.05, 4.69) is 5.32 Å². The average Bonchev–Trinajstić information content (AvgIpc) is 2.13. The molecule has 0 unspecified atom stereocenters. The lowest BCUT2D eigenvalue weighted by Crippen LogP contribution is -2.32. The van der Waals surface area contributed by atoms with Crippen molar-refractivity contribution < 1.29 is 22.0 Å². The van der Waals surface area contributed by atoms with Crippen LogP contribution in [0, 0.1) is 11.6 Å². The van der Waals surface area contributed by atoms with E-state index in [1.807, 2.05) is 0 Å². The maximum absolute atomic E-state index is 13.4. The molecule has 1 aromatic carbocycles. The fraction of sp³-hybridized carbons (Fsp3) is 0.364. The Labute approximate surface area is 104 Å². The molecule has 0 saturated carbocycles. The average molecular weight is 277 g/mol. The van der Waals surface area contributed by atoms with Gasteiger partial charge in [0.15, 0.2) is 9.84 Å². The number of sulfone groups is 1. The van der Waals surface area contributed by atoms with Gasteiger partial charge in [-0.05, 0) is 13.0 Å². The summed E-state index contributed by atoms with van der Waals surface area (Å²) in [4.78, 5) is 11.3. The lowest BCUT2D eigenvalue weighted by atomic mass is 10.1. The Kier molecular flexibility index (Phi) is 4.39. The number of benzene rings is 1. The maximum atomic E-state index is 13.4. The van der Waals surface area contributed by atoms with Gasteiger partial charge in [-0.25, -0.2) is 17.2 Å². The minimum absolute atomic E-state index is 0.0956. The topological polar surface area (TPSA) is 63.2 Å². The van der Waals surface area contributed by atoms with E-state index < -0.39 is 39.2 Å². The highest BCUT2D eigenvalue weighted by Gasteiger charge is 2.17. The van der Waals surface area contributed by atoms with Crippen LogP contribution in [0.2, 0.25) is 0 Å². The molecule has 1 aromatic rings. The van der Waals surface area contributed by atoms with Crippen LogP contribution in [0.1, 0.15) is 18.5 Å². The number of amides is 1. The van der Waals surface area contributed by atoms with Crippen LogP contribution in [0.25, 0.3) is 0 Å². The molecule has 7 heteroatoms. The summed E-state index contributed by atoms with van der Waals surface area (Å²) in [5.74, 6) is -2.90. The van der Waals surface area contributed by atoms with E-state index in [0.29, 0.717) is 6.07 Å². The molecule has 0 heterocycles. The molecular weight excluding hydrogens is 264 g/mol. The molecule has 0 radical (unpaired) electrons. The van der Waals surface area contributed by atoms with Crippen molar-refractivity contribution in [1.29, 1.82) is 0 Å². The van der Waals surface area contributed by atoms with Gasteiger partial charge in [0.25, 0.3) is 0 Å². The third-order valence-electron chi connectivity index (χ3n) is 2.20. The van der Waals surface area contributed by atoms with Crippen molar-refractivity contribution in [1.82, 2.24) is 5.32 Å². The van der Waals surface area contributed by atoms with E-state index in [4.69, 9.17) is 0 Å². The van der Waals surface area contributed by atoms with Crippen molar-refractivity contribution in [3.05, 3.63) is 35.4 Å². The number of nitrogens with one attached hydrogen (secondary N) is 1. The standard InChI is InChI=1S/C11H13F2NO3S/c1-7(14-11(15)6-18(2,16)17)9-4-3-8(12)5-10(9)13/h3-5,7H,6H2,1-2H3,(H,14,15)/t7-/m0/s1. The van der Waals surface area contributed by atoms with Crippen molar-refractivity contribution in [2.45, 2.75) is 13.0 Å². The third kappa shape index (κ3) is 4.40. The molecule has 18 heavy (non-hydrogen) atoms. The highest BCUT2D eigenvalue weighted by molar-refractivity contribution is 7.91. The molecule has 0 bridgehead atoms. The molecule has 0 fully saturated rings. The second kappa shape index (κ2) is 5.43. The Morgan fingerprint density at radius 3 is 2.50 bits per heavy atom. The van der Waals surface area contributed by atoms with Crippen LogP contribution in [-0.2, 0) is 14.6 Å². The normalized spacial score (nSPS) is 13.1. The third-order valence-corrected chi connectivity index (χ3v) is 2.99. The molecule has 0 aromatic heterocycles. The van der Waals surface area contributed by atoms with Crippen LogP contribution >= 0.6 is 0 Å². The van der Waals surface area contributed by atoms with E-state index in [-0.39, 0.29) is 5.56 Å². The van der Waals surface area contributed by atoms with Gasteiger partial charge in [-0.1, -0.05) is 6.07 Å². The van der Waals surface area contributed by atoms with Crippen LogP contribution in [-0.4, -0.2) is 26.3 Å². The Morgan fingerprint density at radius 2 is 2.00 bits per heavy atom. The molecule has 1 atom stereocenters. The molecule has 0 spiro atoms. The first kappa shape index (κ1) is 14.6. The smallest absolute Gasteiger partial charge is 0.235 e. The Morgan fingerprint density at radius 1 is 1.39 bits per heavy atom. The Balaban J connectivity index is 2.76. The van der Waals surface area contributed by atoms with Crippen LogP contribution < -0.4 is 5.32 Å². The predicted molar refractivity (Wildman–Crippen MR) is 62.6 cm³/mol. The zero-order valence-corrected chi connectivity index (χ0v) is 10.7. The summed E-state index contributed by atoms with van der Waals surface area (Å²) in [6.07, 6.45) is 0.926. The van der Waals surface area contributed by atoms with Gasteiger partial charge in [0.05, 0.1) is 6.04 Å². The number of carbonyl (C=O) groups excluding carboxylic acids is 1. The quantitative estimate of drug-likeness (QED) is 0.899. The second-order valence-electron chi connectivity index (χ2n) is 4.03. The summed E-state index contributed by atoms with van der Waals surface area (Å²) in [5.41, 5.74) is 0.0956. The van der Waals surface area contributed by atoms with Gasteiger partial charge in [-0.3, -0.25) is 4.79 Å². The number of hydrogen-bond acceptors (Lipinski definition) is 3. The zero-order chi connectivity index (χ0) is 13.9. The van der Waals surface area contributed by atoms with Crippen LogP contribution in [0.4, 0.5) is 8.78 Å². The molecule has 0 aliphatic heterocycles. The Bertz CT molecular complexity index is 557. The van der Waals surface area contributed by atoms with Crippen molar-refractivity contribution >= 4 is 15.7 Å². The lowest BCUT2D eigenvalue weighted by Gasteiger charge is -2.14. The summed E-state index contributed by atoms with van der Waals surface area (Å²) in [5, 5.41) is 2.33. The van der Waals surface area contributed by atoms with Crippen molar-refractivity contribution in [3.8, 4) is 0 Å². The van der Waals surface area contributed by atoms with Gasteiger partial charge in [0.2, 0.25) is 5.91 Å². The largest absolute Gasteiger partial charge is 0.349 e. The van der Waals surface area contributed by atoms with Gasteiger partial charge in [0.1, 0.15) is 17.4 Å². The maximum Gasteiger partial charge on any atom is 0.235 e. The molecular formula is C11H13F2NO3S. The van der Waals surface area contributed by atoms with E-state index in [1.165, 1.54) is 13.0 Å². The SMILES string of the molecule is C[C@H](NC(=O)CS(C)(=O)=O)c1ccc(F)cc1F. The fourth-order valence-corrected chi connectivity index (χ4v) is 2.01. The Hall–Kier alpha value is -1.50.